The molecule has 0 amide bonds. The summed E-state index contributed by atoms with van der Waals surface area (Å²) in [4.78, 5) is 13.7. The second-order valence-electron chi connectivity index (χ2n) is 8.67. The molecule has 8 nitrogen and oxygen atoms in total. The van der Waals surface area contributed by atoms with Crippen LogP contribution in [0.1, 0.15) is 11.1 Å². The summed E-state index contributed by atoms with van der Waals surface area (Å²) in [5.41, 5.74) is 9.41. The molecule has 0 spiro atoms. The number of aromatic nitrogens is 3. The first kappa shape index (κ1) is 24.2. The molecule has 2 aromatic heterocycles. The van der Waals surface area contributed by atoms with Crippen molar-refractivity contribution in [1.82, 2.24) is 20.3 Å². The molecule has 0 aliphatic carbocycles. The Bertz CT molecular complexity index is 1770. The molecule has 0 saturated carbocycles. The van der Waals surface area contributed by atoms with E-state index in [2.05, 4.69) is 20.0 Å². The normalized spacial score (nSPS) is 12.9. The van der Waals surface area contributed by atoms with Gasteiger partial charge < -0.3 is 11.1 Å². The molecular weight excluding hydrogens is 523 g/mol. The van der Waals surface area contributed by atoms with Crippen molar-refractivity contribution in [3.63, 3.8) is 0 Å². The standard InChI is InChI=1S/C27H21FN6O2S2/c28-23-20(7-4-8-21(23)34-38(35,36)19-10-9-17-14-30-15-18(17)13-19)24-25(22-11-12-31-27(29)32-22)37-26(33-24)16-5-2-1-3-6-16/h1-13,30,34H,14-15H2,(H2,29,31,32). The van der Waals surface area contributed by atoms with Crippen LogP contribution in [0.2, 0.25) is 0 Å². The van der Waals surface area contributed by atoms with Crippen molar-refractivity contribution in [2.24, 2.45) is 0 Å². The number of anilines is 2. The predicted octanol–water partition coefficient (Wildman–Crippen LogP) is 5.06. The zero-order valence-electron chi connectivity index (χ0n) is 19.8. The molecule has 3 aromatic carbocycles. The molecule has 3 heterocycles. The van der Waals surface area contributed by atoms with Gasteiger partial charge in [-0.25, -0.2) is 27.8 Å². The van der Waals surface area contributed by atoms with Crippen molar-refractivity contribution < 1.29 is 12.8 Å². The number of nitrogen functional groups attached to an aromatic ring is 1. The van der Waals surface area contributed by atoms with E-state index in [1.807, 2.05) is 30.3 Å². The molecule has 11 heteroatoms. The molecule has 0 bridgehead atoms. The summed E-state index contributed by atoms with van der Waals surface area (Å²) in [6.07, 6.45) is 1.52. The summed E-state index contributed by atoms with van der Waals surface area (Å²) in [5, 5.41) is 3.85. The topological polar surface area (TPSA) is 123 Å². The monoisotopic (exact) mass is 544 g/mol. The van der Waals surface area contributed by atoms with E-state index < -0.39 is 15.8 Å². The Morgan fingerprint density at radius 1 is 0.947 bits per heavy atom. The quantitative estimate of drug-likeness (QED) is 0.273. The minimum absolute atomic E-state index is 0.0712. The molecule has 0 saturated heterocycles. The first-order chi connectivity index (χ1) is 18.4. The summed E-state index contributed by atoms with van der Waals surface area (Å²) in [6, 6.07) is 20.6. The molecule has 38 heavy (non-hydrogen) atoms. The average Bonchev–Trinajstić information content (AvgIpc) is 3.57. The minimum atomic E-state index is -4.03. The van der Waals surface area contributed by atoms with Crippen molar-refractivity contribution in [1.29, 1.82) is 0 Å². The number of halogens is 1. The Morgan fingerprint density at radius 2 is 1.76 bits per heavy atom. The first-order valence-corrected chi connectivity index (χ1v) is 14.0. The maximum atomic E-state index is 16.0. The zero-order valence-corrected chi connectivity index (χ0v) is 21.5. The van der Waals surface area contributed by atoms with Crippen LogP contribution >= 0.6 is 11.3 Å². The number of fused-ring (bicyclic) bond motifs is 1. The van der Waals surface area contributed by atoms with Gasteiger partial charge in [0.2, 0.25) is 5.95 Å². The second kappa shape index (κ2) is 9.60. The number of nitrogens with one attached hydrogen (secondary N) is 2. The van der Waals surface area contributed by atoms with Crippen LogP contribution in [0.5, 0.6) is 0 Å². The SMILES string of the molecule is Nc1nccc(-c2sc(-c3ccccc3)nc2-c2cccc(NS(=O)(=O)c3ccc4c(c3)CNC4)c2F)n1. The molecule has 0 fully saturated rings. The van der Waals surface area contributed by atoms with Crippen molar-refractivity contribution in [2.75, 3.05) is 10.5 Å². The number of nitrogens with two attached hydrogens (primary N) is 1. The van der Waals surface area contributed by atoms with Crippen LogP contribution in [0.15, 0.2) is 83.9 Å². The molecule has 1 aliphatic rings. The molecule has 190 valence electrons. The number of hydrogen-bond acceptors (Lipinski definition) is 8. The smallest absolute Gasteiger partial charge is 0.261 e. The Kier molecular flexibility index (Phi) is 6.10. The summed E-state index contributed by atoms with van der Waals surface area (Å²) in [5.74, 6) is -0.665. The highest BCUT2D eigenvalue weighted by atomic mass is 32.2. The van der Waals surface area contributed by atoms with Crippen molar-refractivity contribution >= 4 is 33.0 Å². The lowest BCUT2D eigenvalue weighted by molar-refractivity contribution is 0.598. The van der Waals surface area contributed by atoms with E-state index in [1.165, 1.54) is 29.7 Å². The van der Waals surface area contributed by atoms with E-state index in [1.54, 1.807) is 30.3 Å². The number of benzene rings is 3. The molecule has 4 N–H and O–H groups in total. The minimum Gasteiger partial charge on any atom is -0.368 e. The van der Waals surface area contributed by atoms with Crippen molar-refractivity contribution in [3.05, 3.63) is 95.9 Å². The third kappa shape index (κ3) is 4.51. The van der Waals surface area contributed by atoms with E-state index in [9.17, 15) is 8.42 Å². The van der Waals surface area contributed by atoms with Crippen molar-refractivity contribution in [3.8, 4) is 32.4 Å². The van der Waals surface area contributed by atoms with Crippen LogP contribution in [-0.2, 0) is 23.1 Å². The number of hydrogen-bond donors (Lipinski definition) is 3. The van der Waals surface area contributed by atoms with Crippen LogP contribution in [-0.4, -0.2) is 23.4 Å². The highest BCUT2D eigenvalue weighted by Gasteiger charge is 2.24. The van der Waals surface area contributed by atoms with Crippen LogP contribution in [0.4, 0.5) is 16.0 Å². The maximum Gasteiger partial charge on any atom is 0.261 e. The van der Waals surface area contributed by atoms with Crippen LogP contribution < -0.4 is 15.8 Å². The van der Waals surface area contributed by atoms with E-state index in [-0.39, 0.29) is 22.1 Å². The largest absolute Gasteiger partial charge is 0.368 e. The molecule has 0 atom stereocenters. The van der Waals surface area contributed by atoms with Crippen LogP contribution in [0.25, 0.3) is 32.4 Å². The Hall–Kier alpha value is -4.19. The van der Waals surface area contributed by atoms with Gasteiger partial charge in [-0.1, -0.05) is 42.5 Å². The van der Waals surface area contributed by atoms with Gasteiger partial charge in [-0.3, -0.25) is 4.72 Å². The first-order valence-electron chi connectivity index (χ1n) is 11.7. The van der Waals surface area contributed by atoms with Gasteiger partial charge >= 0.3 is 0 Å². The third-order valence-electron chi connectivity index (χ3n) is 6.17. The van der Waals surface area contributed by atoms with E-state index in [0.717, 1.165) is 16.7 Å². The molecule has 0 unspecified atom stereocenters. The van der Waals surface area contributed by atoms with Gasteiger partial charge in [0.1, 0.15) is 5.01 Å². The second-order valence-corrected chi connectivity index (χ2v) is 11.4. The zero-order chi connectivity index (χ0) is 26.3. The number of rotatable bonds is 6. The predicted molar refractivity (Wildman–Crippen MR) is 146 cm³/mol. The summed E-state index contributed by atoms with van der Waals surface area (Å²) < 4.78 is 44.7. The molecule has 0 radical (unpaired) electrons. The molecule has 1 aliphatic heterocycles. The van der Waals surface area contributed by atoms with Gasteiger partial charge in [-0.15, -0.1) is 11.3 Å². The van der Waals surface area contributed by atoms with E-state index in [0.29, 0.717) is 34.4 Å². The van der Waals surface area contributed by atoms with Crippen molar-refractivity contribution in [2.45, 2.75) is 18.0 Å². The van der Waals surface area contributed by atoms with Crippen LogP contribution in [0.3, 0.4) is 0 Å². The molecule has 5 aromatic rings. The lowest BCUT2D eigenvalue weighted by atomic mass is 10.1. The molecular formula is C27H21FN6O2S2. The highest BCUT2D eigenvalue weighted by molar-refractivity contribution is 7.92. The lowest BCUT2D eigenvalue weighted by Gasteiger charge is -2.12. The fourth-order valence-electron chi connectivity index (χ4n) is 4.32. The molecule has 6 rings (SSSR count). The van der Waals surface area contributed by atoms with Gasteiger partial charge in [0.25, 0.3) is 10.0 Å². The van der Waals surface area contributed by atoms with Gasteiger partial charge in [-0.2, -0.15) is 0 Å². The van der Waals surface area contributed by atoms with Gasteiger partial charge in [0.15, 0.2) is 5.82 Å². The van der Waals surface area contributed by atoms with Gasteiger partial charge in [0, 0.05) is 30.4 Å². The third-order valence-corrected chi connectivity index (χ3v) is 8.66. The summed E-state index contributed by atoms with van der Waals surface area (Å²) >= 11 is 1.34. The fourth-order valence-corrected chi connectivity index (χ4v) is 6.48. The van der Waals surface area contributed by atoms with Crippen LogP contribution in [0, 0.1) is 5.82 Å². The number of nitrogens with zero attached hydrogens (tertiary/aromatic N) is 3. The summed E-state index contributed by atoms with van der Waals surface area (Å²) in [7, 11) is -4.03. The van der Waals surface area contributed by atoms with Gasteiger partial charge in [0.05, 0.1) is 26.8 Å². The fraction of sp³-hybridized carbons (Fsp3) is 0.0741. The van der Waals surface area contributed by atoms with Gasteiger partial charge in [-0.05, 0) is 41.5 Å². The Balaban J connectivity index is 1.43. The Labute approximate surface area is 222 Å². The number of sulfonamides is 1. The lowest BCUT2D eigenvalue weighted by Crippen LogP contribution is -2.14. The average molecular weight is 545 g/mol. The number of thiazole rings is 1. The van der Waals surface area contributed by atoms with E-state index >= 15 is 4.39 Å². The Morgan fingerprint density at radius 3 is 2.58 bits per heavy atom. The summed E-state index contributed by atoms with van der Waals surface area (Å²) in [6.45, 7) is 1.28. The van der Waals surface area contributed by atoms with E-state index in [4.69, 9.17) is 10.7 Å². The highest BCUT2D eigenvalue weighted by Crippen LogP contribution is 2.42. The maximum absolute atomic E-state index is 16.0.